The van der Waals surface area contributed by atoms with Crippen LogP contribution in [0.3, 0.4) is 0 Å². The Morgan fingerprint density at radius 3 is 0.990 bits per heavy atom. The number of hydrogen-bond donors (Lipinski definition) is 0. The van der Waals surface area contributed by atoms with E-state index in [1.165, 1.54) is 12.1 Å². The monoisotopic (exact) mass is 1320 g/mol. The summed E-state index contributed by atoms with van der Waals surface area (Å²) in [4.78, 5) is 8.77. The molecule has 0 unspecified atom stereocenters. The molecule has 12 heteroatoms. The molecule has 0 saturated heterocycles. The summed E-state index contributed by atoms with van der Waals surface area (Å²) >= 11 is 0. The third-order valence-corrected chi connectivity index (χ3v) is 21.4. The van der Waals surface area contributed by atoms with Crippen LogP contribution in [-0.4, -0.2) is 22.6 Å². The quantitative estimate of drug-likeness (QED) is 0.112. The summed E-state index contributed by atoms with van der Waals surface area (Å²) in [5.74, 6) is -2.74. The van der Waals surface area contributed by atoms with Crippen molar-refractivity contribution in [2.24, 2.45) is 0 Å². The Morgan fingerprint density at radius 1 is 0.206 bits per heavy atom. The van der Waals surface area contributed by atoms with Crippen molar-refractivity contribution in [2.45, 2.75) is 0 Å². The zero-order valence-electron chi connectivity index (χ0n) is 54.5. The van der Waals surface area contributed by atoms with E-state index in [1.54, 1.807) is 12.1 Å². The molecular formula is C90H54B2F4N6. The topological polar surface area (TPSA) is 22.8 Å². The van der Waals surface area contributed by atoms with Gasteiger partial charge in [-0.25, -0.2) is 17.6 Å². The SMILES string of the molecule is Fc1ccc(N2c3ccccc3B3c4cc5c(cc4N(c4ccccc4)c4cc(-n6c7ccccc7c7ccc(-c8ccccc8)cc76)cc2c43)N(c2ccccc2)c2cc(-n3c4ccccc4c4ccc(-c6ccccc6)cc43)cc3c2B5c2ccccc2N3c2ccc(F)cc2F)c(F)c1. The van der Waals surface area contributed by atoms with Crippen molar-refractivity contribution in [1.29, 1.82) is 0 Å². The molecule has 2 aromatic heterocycles. The summed E-state index contributed by atoms with van der Waals surface area (Å²) in [6.45, 7) is -0.924. The number of halogens is 4. The lowest BCUT2D eigenvalue weighted by molar-refractivity contribution is 0.583. The van der Waals surface area contributed by atoms with E-state index in [4.69, 9.17) is 0 Å². The Bertz CT molecular complexity index is 6000. The minimum atomic E-state index is -0.698. The fourth-order valence-electron chi connectivity index (χ4n) is 17.3. The summed E-state index contributed by atoms with van der Waals surface area (Å²) in [5.41, 5.74) is 24.5. The molecule has 0 fully saturated rings. The number of benzene rings is 15. The summed E-state index contributed by atoms with van der Waals surface area (Å²) < 4.78 is 70.3. The third-order valence-electron chi connectivity index (χ3n) is 21.4. The van der Waals surface area contributed by atoms with E-state index in [-0.39, 0.29) is 11.4 Å². The van der Waals surface area contributed by atoms with Crippen LogP contribution < -0.4 is 52.4 Å². The molecule has 102 heavy (non-hydrogen) atoms. The molecule has 0 bridgehead atoms. The molecule has 0 amide bonds. The van der Waals surface area contributed by atoms with Gasteiger partial charge in [-0.1, -0.05) is 200 Å². The molecule has 6 heterocycles. The normalized spacial score (nSPS) is 13.2. The lowest BCUT2D eigenvalue weighted by atomic mass is 9.30. The molecule has 478 valence electrons. The number of fused-ring (bicyclic) bond motifs is 14. The average Bonchev–Trinajstić information content (AvgIpc) is 0.734. The summed E-state index contributed by atoms with van der Waals surface area (Å²) in [6.07, 6.45) is 0. The molecule has 21 rings (SSSR count). The van der Waals surface area contributed by atoms with E-state index >= 15 is 17.6 Å². The van der Waals surface area contributed by atoms with Crippen molar-refractivity contribution in [3.63, 3.8) is 0 Å². The van der Waals surface area contributed by atoms with Crippen LogP contribution >= 0.6 is 0 Å². The fourth-order valence-corrected chi connectivity index (χ4v) is 17.3. The molecule has 0 aliphatic carbocycles. The highest BCUT2D eigenvalue weighted by molar-refractivity contribution is 7.03. The zero-order chi connectivity index (χ0) is 67.6. The number of nitrogens with zero attached hydrogens (tertiary/aromatic N) is 6. The Labute approximate surface area is 585 Å². The van der Waals surface area contributed by atoms with E-state index in [0.29, 0.717) is 0 Å². The van der Waals surface area contributed by atoms with Gasteiger partial charge in [0.05, 0.1) is 44.8 Å². The van der Waals surface area contributed by atoms with Crippen molar-refractivity contribution in [1.82, 2.24) is 9.13 Å². The van der Waals surface area contributed by atoms with Crippen LogP contribution in [-0.2, 0) is 0 Å². The van der Waals surface area contributed by atoms with Gasteiger partial charge in [-0.05, 0) is 170 Å². The molecule has 0 spiro atoms. The molecule has 0 saturated carbocycles. The van der Waals surface area contributed by atoms with Gasteiger partial charge in [-0.2, -0.15) is 0 Å². The largest absolute Gasteiger partial charge is 0.311 e. The zero-order valence-corrected chi connectivity index (χ0v) is 54.5. The molecule has 17 aromatic rings. The van der Waals surface area contributed by atoms with Gasteiger partial charge in [-0.3, -0.25) is 0 Å². The first-order valence-electron chi connectivity index (χ1n) is 34.4. The van der Waals surface area contributed by atoms with Crippen molar-refractivity contribution in [3.8, 4) is 33.6 Å². The van der Waals surface area contributed by atoms with Crippen molar-refractivity contribution in [2.75, 3.05) is 19.6 Å². The Hall–Kier alpha value is -13.1. The molecule has 0 N–H and O–H groups in total. The first-order chi connectivity index (χ1) is 50.3. The first kappa shape index (κ1) is 58.0. The van der Waals surface area contributed by atoms with E-state index in [0.717, 1.165) is 179 Å². The van der Waals surface area contributed by atoms with E-state index in [1.807, 2.05) is 46.2 Å². The van der Waals surface area contributed by atoms with E-state index < -0.39 is 36.7 Å². The second-order valence-electron chi connectivity index (χ2n) is 26.9. The average molecular weight is 1320 g/mol. The minimum Gasteiger partial charge on any atom is -0.311 e. The van der Waals surface area contributed by atoms with Gasteiger partial charge < -0.3 is 28.7 Å². The Balaban J connectivity index is 0.885. The Kier molecular flexibility index (Phi) is 12.6. The van der Waals surface area contributed by atoms with Crippen LogP contribution in [0.2, 0.25) is 0 Å². The summed E-state index contributed by atoms with van der Waals surface area (Å²) in [5, 5.41) is 4.32. The maximum atomic E-state index is 17.4. The van der Waals surface area contributed by atoms with Crippen LogP contribution in [0.4, 0.5) is 85.8 Å². The Morgan fingerprint density at radius 2 is 0.569 bits per heavy atom. The fraction of sp³-hybridized carbons (Fsp3) is 0. The van der Waals surface area contributed by atoms with Gasteiger partial charge in [-0.15, -0.1) is 0 Å². The first-order valence-corrected chi connectivity index (χ1v) is 34.4. The van der Waals surface area contributed by atoms with Gasteiger partial charge in [0.25, 0.3) is 13.4 Å². The van der Waals surface area contributed by atoms with Gasteiger partial charge in [0, 0.05) is 90.6 Å². The van der Waals surface area contributed by atoms with Gasteiger partial charge in [0.15, 0.2) is 0 Å². The van der Waals surface area contributed by atoms with E-state index in [9.17, 15) is 0 Å². The molecule has 0 atom stereocenters. The predicted octanol–water partition coefficient (Wildman–Crippen LogP) is 19.9. The highest BCUT2D eigenvalue weighted by Crippen LogP contribution is 2.52. The van der Waals surface area contributed by atoms with Crippen molar-refractivity contribution >= 4 is 158 Å². The molecule has 4 aliphatic rings. The highest BCUT2D eigenvalue weighted by atomic mass is 19.1. The maximum Gasteiger partial charge on any atom is 0.252 e. The van der Waals surface area contributed by atoms with Gasteiger partial charge in [0.1, 0.15) is 23.3 Å². The predicted molar refractivity (Wildman–Crippen MR) is 414 cm³/mol. The lowest BCUT2D eigenvalue weighted by Gasteiger charge is -2.47. The third kappa shape index (κ3) is 8.50. The van der Waals surface area contributed by atoms with Gasteiger partial charge >= 0.3 is 0 Å². The number of aromatic nitrogens is 2. The maximum absolute atomic E-state index is 17.4. The lowest BCUT2D eigenvalue weighted by Crippen LogP contribution is -2.65. The van der Waals surface area contributed by atoms with Crippen molar-refractivity contribution < 1.29 is 17.6 Å². The molecular weight excluding hydrogens is 1260 g/mol. The van der Waals surface area contributed by atoms with Crippen LogP contribution in [0.25, 0.3) is 77.2 Å². The van der Waals surface area contributed by atoms with Crippen LogP contribution in [0.5, 0.6) is 0 Å². The van der Waals surface area contributed by atoms with E-state index in [2.05, 4.69) is 274 Å². The summed E-state index contributed by atoms with van der Waals surface area (Å²) in [7, 11) is 0. The number of hydrogen-bond acceptors (Lipinski definition) is 4. The standard InChI is InChI=1S/C90H54B2F4N6/c93-59-39-43-79(73(95)47-59)101-77-35-19-15-31-69(77)91-71-53-72-84(54-83(71)97(61-25-9-3-10-26-61)85-49-63(51-87(101)89(85)91)99-75-33-17-13-29-65(75)67-41-37-57(45-81(67)99)55-21-5-1-6-22-55)98(62-27-11-4-12-28-62)86-50-64(100-76-34-18-14-30-66(76)68-42-38-58(46-82(68)100)56-23-7-2-8-24-56)52-88-90(86)92(72)70-32-16-20-36-78(70)102(88)80-44-40-60(94)48-74(80)96/h1-54H. The smallest absolute Gasteiger partial charge is 0.252 e. The number of anilines is 12. The molecule has 0 radical (unpaired) electrons. The molecule has 4 aliphatic heterocycles. The number of para-hydroxylation sites is 6. The second kappa shape index (κ2) is 22.2. The molecule has 15 aromatic carbocycles. The van der Waals surface area contributed by atoms with Crippen LogP contribution in [0, 0.1) is 23.3 Å². The number of rotatable bonds is 8. The second-order valence-corrected chi connectivity index (χ2v) is 26.9. The summed E-state index contributed by atoms with van der Waals surface area (Å²) in [6, 6.07) is 110. The molecule has 6 nitrogen and oxygen atoms in total. The minimum absolute atomic E-state index is 0.207. The van der Waals surface area contributed by atoms with Crippen LogP contribution in [0.1, 0.15) is 0 Å². The van der Waals surface area contributed by atoms with Crippen LogP contribution in [0.15, 0.2) is 328 Å². The van der Waals surface area contributed by atoms with Gasteiger partial charge in [0.2, 0.25) is 0 Å². The van der Waals surface area contributed by atoms with Crippen molar-refractivity contribution in [3.05, 3.63) is 351 Å². The highest BCUT2D eigenvalue weighted by Gasteiger charge is 2.49.